The number of anilines is 1. The van der Waals surface area contributed by atoms with Gasteiger partial charge in [0.25, 0.3) is 5.91 Å². The van der Waals surface area contributed by atoms with Gasteiger partial charge in [-0.3, -0.25) is 4.79 Å². The lowest BCUT2D eigenvalue weighted by molar-refractivity contribution is 0.0431. The van der Waals surface area contributed by atoms with Gasteiger partial charge in [0.2, 0.25) is 0 Å². The van der Waals surface area contributed by atoms with Gasteiger partial charge in [-0.15, -0.1) is 11.3 Å². The topological polar surface area (TPSA) is 130 Å². The van der Waals surface area contributed by atoms with E-state index in [-0.39, 0.29) is 86.4 Å². The zero-order chi connectivity index (χ0) is 27.4. The molecule has 1 unspecified atom stereocenters. The maximum atomic E-state index is 15.8. The molecule has 0 radical (unpaired) electrons. The maximum absolute atomic E-state index is 15.8. The number of thiophene rings is 1. The number of carbonyl (C=O) groups excluding carboxylic acids is 2. The van der Waals surface area contributed by atoms with Crippen LogP contribution in [0.5, 0.6) is 5.75 Å². The van der Waals surface area contributed by atoms with Crippen molar-refractivity contribution in [3.05, 3.63) is 58.6 Å². The number of carbonyl (C=O) groups is 2. The van der Waals surface area contributed by atoms with Crippen LogP contribution in [0.1, 0.15) is 22.3 Å². The molecule has 0 aliphatic carbocycles. The molecule has 4 aromatic rings. The predicted octanol–water partition coefficient (Wildman–Crippen LogP) is 4.12. The van der Waals surface area contributed by atoms with Crippen molar-refractivity contribution in [2.45, 2.75) is 12.5 Å². The first-order valence-corrected chi connectivity index (χ1v) is 13.0. The van der Waals surface area contributed by atoms with Crippen molar-refractivity contribution < 1.29 is 23.1 Å². The van der Waals surface area contributed by atoms with E-state index in [1.165, 1.54) is 18.7 Å². The highest BCUT2D eigenvalue weighted by Crippen LogP contribution is 2.47. The fraction of sp³-hybridized carbons (Fsp3) is 0.240. The van der Waals surface area contributed by atoms with E-state index in [4.69, 9.17) is 22.1 Å². The molecule has 1 fully saturated rings. The SMILES string of the molecule is N#Cc1c(N)sc2c(F)ccc(-c3c(F)cc4c(c3Cl)OCCC3CN(C(=O)n5cncn5)CCN3C4=O)c12. The van der Waals surface area contributed by atoms with E-state index in [1.54, 1.807) is 9.80 Å². The van der Waals surface area contributed by atoms with Gasteiger partial charge < -0.3 is 20.3 Å². The Kier molecular flexibility index (Phi) is 6.08. The first kappa shape index (κ1) is 25.0. The van der Waals surface area contributed by atoms with Crippen molar-refractivity contribution in [2.24, 2.45) is 0 Å². The predicted molar refractivity (Wildman–Crippen MR) is 139 cm³/mol. The van der Waals surface area contributed by atoms with Gasteiger partial charge in [-0.2, -0.15) is 15.0 Å². The van der Waals surface area contributed by atoms with E-state index in [0.717, 1.165) is 28.2 Å². The van der Waals surface area contributed by atoms with Crippen LogP contribution in [-0.2, 0) is 0 Å². The molecule has 6 rings (SSSR count). The summed E-state index contributed by atoms with van der Waals surface area (Å²) in [6, 6.07) is 4.74. The van der Waals surface area contributed by atoms with Crippen LogP contribution in [0.3, 0.4) is 0 Å². The number of aromatic nitrogens is 3. The Balaban J connectivity index is 1.39. The van der Waals surface area contributed by atoms with Crippen LogP contribution in [0.4, 0.5) is 18.6 Å². The standard InChI is InChI=1S/C25H18ClF2N7O3S/c26-20-19(13-1-2-16(27)22-18(13)15(8-29)23(30)39-22)17(28)7-14-21(20)38-6-3-12-9-33(4-5-34(12)24(14)36)25(37)35-11-31-10-32-35/h1-2,7,10-12H,3-6,9,30H2. The lowest BCUT2D eigenvalue weighted by Gasteiger charge is -2.42. The van der Waals surface area contributed by atoms with Crippen molar-refractivity contribution in [1.29, 1.82) is 5.26 Å². The lowest BCUT2D eigenvalue weighted by atomic mass is 9.95. The fourth-order valence-electron chi connectivity index (χ4n) is 5.10. The molecule has 0 bridgehead atoms. The molecule has 198 valence electrons. The monoisotopic (exact) mass is 569 g/mol. The van der Waals surface area contributed by atoms with Crippen molar-refractivity contribution in [1.82, 2.24) is 24.6 Å². The summed E-state index contributed by atoms with van der Waals surface area (Å²) in [6.07, 6.45) is 2.95. The number of piperazine rings is 1. The molecule has 14 heteroatoms. The number of amides is 2. The average Bonchev–Trinajstić information content (AvgIpc) is 3.57. The second-order valence-electron chi connectivity index (χ2n) is 9.03. The van der Waals surface area contributed by atoms with E-state index in [1.807, 2.05) is 6.07 Å². The number of nitrogens with zero attached hydrogens (tertiary/aromatic N) is 6. The summed E-state index contributed by atoms with van der Waals surface area (Å²) in [4.78, 5) is 33.3. The molecule has 2 aromatic heterocycles. The van der Waals surface area contributed by atoms with Gasteiger partial charge in [0, 0.05) is 37.0 Å². The van der Waals surface area contributed by atoms with Crippen LogP contribution >= 0.6 is 22.9 Å². The number of nitrogens with two attached hydrogens (primary N) is 1. The summed E-state index contributed by atoms with van der Waals surface area (Å²) in [5.41, 5.74) is 5.93. The number of halogens is 3. The molecule has 2 N–H and O–H groups in total. The molecule has 1 saturated heterocycles. The number of fused-ring (bicyclic) bond motifs is 3. The van der Waals surface area contributed by atoms with Crippen LogP contribution in [0.15, 0.2) is 30.9 Å². The fourth-order valence-corrected chi connectivity index (χ4v) is 6.40. The van der Waals surface area contributed by atoms with Crippen LogP contribution in [0.2, 0.25) is 5.02 Å². The molecule has 10 nitrogen and oxygen atoms in total. The number of ether oxygens (including phenoxy) is 1. The zero-order valence-electron chi connectivity index (χ0n) is 20.0. The highest BCUT2D eigenvalue weighted by Gasteiger charge is 2.37. The number of nitrogen functional groups attached to an aromatic ring is 1. The first-order chi connectivity index (χ1) is 18.8. The van der Waals surface area contributed by atoms with Gasteiger partial charge in [-0.05, 0) is 17.7 Å². The number of rotatable bonds is 1. The Bertz CT molecular complexity index is 1700. The second kappa shape index (κ2) is 9.48. The minimum atomic E-state index is -0.839. The van der Waals surface area contributed by atoms with Crippen LogP contribution in [0, 0.1) is 23.0 Å². The van der Waals surface area contributed by atoms with Crippen LogP contribution in [0.25, 0.3) is 21.2 Å². The van der Waals surface area contributed by atoms with Gasteiger partial charge in [0.1, 0.15) is 35.4 Å². The lowest BCUT2D eigenvalue weighted by Crippen LogP contribution is -2.58. The molecular formula is C25H18ClF2N7O3S. The van der Waals surface area contributed by atoms with Gasteiger partial charge in [0.15, 0.2) is 5.75 Å². The number of hydrogen-bond acceptors (Lipinski definition) is 8. The highest BCUT2D eigenvalue weighted by molar-refractivity contribution is 7.23. The van der Waals surface area contributed by atoms with Gasteiger partial charge in [-0.25, -0.2) is 18.6 Å². The van der Waals surface area contributed by atoms with Crippen molar-refractivity contribution in [2.75, 3.05) is 32.0 Å². The first-order valence-electron chi connectivity index (χ1n) is 11.8. The highest BCUT2D eigenvalue weighted by atomic mass is 35.5. The van der Waals surface area contributed by atoms with Gasteiger partial charge in [-0.1, -0.05) is 17.7 Å². The molecule has 2 aliphatic heterocycles. The molecule has 39 heavy (non-hydrogen) atoms. The third-order valence-corrected chi connectivity index (χ3v) is 8.32. The van der Waals surface area contributed by atoms with Crippen molar-refractivity contribution in [3.63, 3.8) is 0 Å². The van der Waals surface area contributed by atoms with E-state index >= 15 is 4.39 Å². The maximum Gasteiger partial charge on any atom is 0.346 e. The summed E-state index contributed by atoms with van der Waals surface area (Å²) in [6.45, 7) is 0.824. The molecule has 2 aromatic carbocycles. The molecule has 2 aliphatic rings. The summed E-state index contributed by atoms with van der Waals surface area (Å²) < 4.78 is 37.5. The van der Waals surface area contributed by atoms with E-state index in [9.17, 15) is 19.2 Å². The normalized spacial score (nSPS) is 17.2. The Morgan fingerprint density at radius 1 is 1.26 bits per heavy atom. The van der Waals surface area contributed by atoms with E-state index in [0.29, 0.717) is 6.42 Å². The Morgan fingerprint density at radius 3 is 2.82 bits per heavy atom. The number of nitriles is 1. The summed E-state index contributed by atoms with van der Waals surface area (Å²) in [5, 5.41) is 13.6. The molecule has 1 atom stereocenters. The molecule has 0 spiro atoms. The molecule has 2 amide bonds. The smallest absolute Gasteiger partial charge is 0.346 e. The van der Waals surface area contributed by atoms with Gasteiger partial charge >= 0.3 is 6.03 Å². The number of hydrogen-bond donors (Lipinski definition) is 1. The summed E-state index contributed by atoms with van der Waals surface area (Å²) >= 11 is 7.57. The van der Waals surface area contributed by atoms with Crippen molar-refractivity contribution in [3.8, 4) is 22.9 Å². The third kappa shape index (κ3) is 3.95. The number of benzene rings is 2. The minimum Gasteiger partial charge on any atom is -0.491 e. The van der Waals surface area contributed by atoms with E-state index < -0.39 is 17.5 Å². The molecule has 4 heterocycles. The summed E-state index contributed by atoms with van der Waals surface area (Å²) in [5.74, 6) is -1.93. The molecular weight excluding hydrogens is 552 g/mol. The Labute approximate surface area is 228 Å². The third-order valence-electron chi connectivity index (χ3n) is 6.93. The zero-order valence-corrected chi connectivity index (χ0v) is 21.6. The summed E-state index contributed by atoms with van der Waals surface area (Å²) in [7, 11) is 0. The largest absolute Gasteiger partial charge is 0.491 e. The van der Waals surface area contributed by atoms with Gasteiger partial charge in [0.05, 0.1) is 33.5 Å². The Morgan fingerprint density at radius 2 is 2.08 bits per heavy atom. The Hall–Kier alpha value is -4.28. The second-order valence-corrected chi connectivity index (χ2v) is 10.5. The minimum absolute atomic E-state index is 0.00294. The van der Waals surface area contributed by atoms with Crippen LogP contribution in [-0.4, -0.2) is 68.8 Å². The van der Waals surface area contributed by atoms with Crippen LogP contribution < -0.4 is 10.5 Å². The van der Waals surface area contributed by atoms with E-state index in [2.05, 4.69) is 10.1 Å². The molecule has 0 saturated carbocycles. The van der Waals surface area contributed by atoms with Crippen molar-refractivity contribution >= 4 is 50.0 Å². The quantitative estimate of drug-likeness (QED) is 0.365. The average molecular weight is 570 g/mol.